The average Bonchev–Trinajstić information content (AvgIpc) is 2.42. The summed E-state index contributed by atoms with van der Waals surface area (Å²) < 4.78 is 0. The third-order valence-corrected chi connectivity index (χ3v) is 4.94. The van der Waals surface area contributed by atoms with Crippen LogP contribution in [0.25, 0.3) is 0 Å². The molecular formula is C18H37N3O. The highest BCUT2D eigenvalue weighted by molar-refractivity contribution is 5.76. The lowest BCUT2D eigenvalue weighted by Crippen LogP contribution is -2.46. The normalized spacial score (nSPS) is 20.0. The monoisotopic (exact) mass is 311 g/mol. The van der Waals surface area contributed by atoms with Gasteiger partial charge >= 0.3 is 0 Å². The van der Waals surface area contributed by atoms with Crippen molar-refractivity contribution in [1.29, 1.82) is 0 Å². The maximum Gasteiger partial charge on any atom is 0.220 e. The number of rotatable bonds is 7. The molecule has 0 saturated carbocycles. The van der Waals surface area contributed by atoms with Gasteiger partial charge in [-0.3, -0.25) is 4.79 Å². The van der Waals surface area contributed by atoms with E-state index in [2.05, 4.69) is 57.3 Å². The Bertz CT molecular complexity index is 330. The van der Waals surface area contributed by atoms with Crippen LogP contribution in [0, 0.1) is 17.3 Å². The quantitative estimate of drug-likeness (QED) is 0.759. The van der Waals surface area contributed by atoms with Crippen LogP contribution < -0.4 is 10.6 Å². The van der Waals surface area contributed by atoms with Crippen molar-refractivity contribution < 1.29 is 4.79 Å². The second-order valence-electron chi connectivity index (χ2n) is 8.35. The van der Waals surface area contributed by atoms with E-state index in [0.29, 0.717) is 18.3 Å². The molecule has 2 N–H and O–H groups in total. The van der Waals surface area contributed by atoms with Gasteiger partial charge in [-0.1, -0.05) is 27.7 Å². The molecule has 1 rings (SSSR count). The number of hydrogen-bond donors (Lipinski definition) is 2. The van der Waals surface area contributed by atoms with Crippen LogP contribution >= 0.6 is 0 Å². The molecule has 0 aliphatic carbocycles. The molecule has 1 heterocycles. The summed E-state index contributed by atoms with van der Waals surface area (Å²) in [5, 5.41) is 6.70. The van der Waals surface area contributed by atoms with Crippen LogP contribution in [0.15, 0.2) is 0 Å². The molecule has 2 atom stereocenters. The Morgan fingerprint density at radius 1 is 1.27 bits per heavy atom. The van der Waals surface area contributed by atoms with E-state index in [0.717, 1.165) is 26.1 Å². The lowest BCUT2D eigenvalue weighted by molar-refractivity contribution is -0.124. The Labute approximate surface area is 137 Å². The van der Waals surface area contributed by atoms with E-state index in [4.69, 9.17) is 0 Å². The predicted molar refractivity (Wildman–Crippen MR) is 93.9 cm³/mol. The zero-order valence-corrected chi connectivity index (χ0v) is 15.5. The van der Waals surface area contributed by atoms with Gasteiger partial charge in [-0.2, -0.15) is 0 Å². The van der Waals surface area contributed by atoms with Crippen molar-refractivity contribution in [1.82, 2.24) is 15.5 Å². The van der Waals surface area contributed by atoms with Crippen LogP contribution in [0.5, 0.6) is 0 Å². The highest BCUT2D eigenvalue weighted by Crippen LogP contribution is 2.26. The molecule has 0 aromatic rings. The number of piperidine rings is 1. The molecular weight excluding hydrogens is 274 g/mol. The van der Waals surface area contributed by atoms with Crippen LogP contribution in [0.3, 0.4) is 0 Å². The van der Waals surface area contributed by atoms with Crippen molar-refractivity contribution in [3.63, 3.8) is 0 Å². The number of carbonyl (C=O) groups is 1. The van der Waals surface area contributed by atoms with Crippen molar-refractivity contribution in [2.24, 2.45) is 17.3 Å². The molecule has 0 bridgehead atoms. The summed E-state index contributed by atoms with van der Waals surface area (Å²) in [7, 11) is 4.17. The summed E-state index contributed by atoms with van der Waals surface area (Å²) in [4.78, 5) is 14.6. The summed E-state index contributed by atoms with van der Waals surface area (Å²) in [6, 6.07) is 0.239. The van der Waals surface area contributed by atoms with E-state index in [9.17, 15) is 4.79 Å². The van der Waals surface area contributed by atoms with E-state index >= 15 is 0 Å². The SMILES string of the molecule is CC(CC(=O)NC(CCN(C)C)C(C)(C)C)C1CCNCC1. The fourth-order valence-electron chi connectivity index (χ4n) is 3.23. The maximum atomic E-state index is 12.5. The van der Waals surface area contributed by atoms with Gasteiger partial charge in [0.05, 0.1) is 0 Å². The lowest BCUT2D eigenvalue weighted by Gasteiger charge is -2.33. The lowest BCUT2D eigenvalue weighted by atomic mass is 9.82. The van der Waals surface area contributed by atoms with Crippen LogP contribution in [-0.2, 0) is 4.79 Å². The molecule has 0 radical (unpaired) electrons. The van der Waals surface area contributed by atoms with Gasteiger partial charge in [-0.05, 0) is 70.2 Å². The third kappa shape index (κ3) is 7.10. The smallest absolute Gasteiger partial charge is 0.220 e. The molecule has 1 fully saturated rings. The summed E-state index contributed by atoms with van der Waals surface area (Å²) in [5.74, 6) is 1.41. The second-order valence-corrected chi connectivity index (χ2v) is 8.35. The van der Waals surface area contributed by atoms with Gasteiger partial charge < -0.3 is 15.5 Å². The minimum Gasteiger partial charge on any atom is -0.353 e. The standard InChI is InChI=1S/C18H37N3O/c1-14(15-7-10-19-11-8-15)13-17(22)20-16(18(2,3)4)9-12-21(5)6/h14-16,19H,7-13H2,1-6H3,(H,20,22). The van der Waals surface area contributed by atoms with Crippen molar-refractivity contribution >= 4 is 5.91 Å². The maximum absolute atomic E-state index is 12.5. The summed E-state index contributed by atoms with van der Waals surface area (Å²) >= 11 is 0. The fraction of sp³-hybridized carbons (Fsp3) is 0.944. The Morgan fingerprint density at radius 3 is 2.36 bits per heavy atom. The van der Waals surface area contributed by atoms with Gasteiger partial charge in [0.1, 0.15) is 0 Å². The van der Waals surface area contributed by atoms with Crippen LogP contribution in [0.4, 0.5) is 0 Å². The Hall–Kier alpha value is -0.610. The molecule has 1 aliphatic rings. The molecule has 0 aromatic heterocycles. The van der Waals surface area contributed by atoms with E-state index in [1.807, 2.05) is 0 Å². The Morgan fingerprint density at radius 2 is 1.86 bits per heavy atom. The van der Waals surface area contributed by atoms with Gasteiger partial charge in [0.15, 0.2) is 0 Å². The van der Waals surface area contributed by atoms with E-state index in [1.165, 1.54) is 12.8 Å². The van der Waals surface area contributed by atoms with Crippen LogP contribution in [0.1, 0.15) is 53.4 Å². The Kier molecular flexibility index (Phi) is 7.84. The molecule has 4 heteroatoms. The molecule has 2 unspecified atom stereocenters. The first-order valence-corrected chi connectivity index (χ1v) is 8.85. The zero-order valence-electron chi connectivity index (χ0n) is 15.5. The highest BCUT2D eigenvalue weighted by atomic mass is 16.1. The van der Waals surface area contributed by atoms with E-state index in [-0.39, 0.29) is 17.4 Å². The average molecular weight is 312 g/mol. The molecule has 1 amide bonds. The molecule has 4 nitrogen and oxygen atoms in total. The molecule has 0 aromatic carbocycles. The van der Waals surface area contributed by atoms with Gasteiger partial charge in [-0.15, -0.1) is 0 Å². The van der Waals surface area contributed by atoms with Gasteiger partial charge in [-0.25, -0.2) is 0 Å². The van der Waals surface area contributed by atoms with Crippen molar-refractivity contribution in [2.75, 3.05) is 33.7 Å². The predicted octanol–water partition coefficient (Wildman–Crippen LogP) is 2.49. The molecule has 0 spiro atoms. The fourth-order valence-corrected chi connectivity index (χ4v) is 3.23. The first kappa shape index (κ1) is 19.4. The first-order valence-electron chi connectivity index (χ1n) is 8.85. The highest BCUT2D eigenvalue weighted by Gasteiger charge is 2.28. The topological polar surface area (TPSA) is 44.4 Å². The minimum atomic E-state index is 0.101. The van der Waals surface area contributed by atoms with Crippen molar-refractivity contribution in [2.45, 2.75) is 59.4 Å². The summed E-state index contributed by atoms with van der Waals surface area (Å²) in [6.07, 6.45) is 4.08. The third-order valence-electron chi connectivity index (χ3n) is 4.94. The number of nitrogens with zero attached hydrogens (tertiary/aromatic N) is 1. The second kappa shape index (κ2) is 8.88. The summed E-state index contributed by atoms with van der Waals surface area (Å²) in [5.41, 5.74) is 0.101. The van der Waals surface area contributed by atoms with Crippen LogP contribution in [0.2, 0.25) is 0 Å². The molecule has 1 aliphatic heterocycles. The van der Waals surface area contributed by atoms with Crippen LogP contribution in [-0.4, -0.2) is 50.6 Å². The largest absolute Gasteiger partial charge is 0.353 e. The molecule has 130 valence electrons. The minimum absolute atomic E-state index is 0.101. The Balaban J connectivity index is 2.47. The molecule has 22 heavy (non-hydrogen) atoms. The van der Waals surface area contributed by atoms with E-state index < -0.39 is 0 Å². The first-order chi connectivity index (χ1) is 10.2. The van der Waals surface area contributed by atoms with Gasteiger partial charge in [0.2, 0.25) is 5.91 Å². The number of carbonyl (C=O) groups excluding carboxylic acids is 1. The van der Waals surface area contributed by atoms with E-state index in [1.54, 1.807) is 0 Å². The van der Waals surface area contributed by atoms with Gasteiger partial charge in [0.25, 0.3) is 0 Å². The summed E-state index contributed by atoms with van der Waals surface area (Å²) in [6.45, 7) is 12.1. The number of nitrogens with one attached hydrogen (secondary N) is 2. The van der Waals surface area contributed by atoms with Gasteiger partial charge in [0, 0.05) is 12.5 Å². The number of hydrogen-bond acceptors (Lipinski definition) is 3. The van der Waals surface area contributed by atoms with Crippen molar-refractivity contribution in [3.05, 3.63) is 0 Å². The molecule has 1 saturated heterocycles. The van der Waals surface area contributed by atoms with Crippen molar-refractivity contribution in [3.8, 4) is 0 Å². The zero-order chi connectivity index (χ0) is 16.8. The number of amides is 1.